The van der Waals surface area contributed by atoms with E-state index in [-0.39, 0.29) is 11.8 Å². The maximum atomic E-state index is 12.3. The molecule has 0 unspecified atom stereocenters. The minimum atomic E-state index is -0.228. The third kappa shape index (κ3) is 2.86. The van der Waals surface area contributed by atoms with E-state index in [0.29, 0.717) is 11.3 Å². The quantitative estimate of drug-likeness (QED) is 0.849. The standard InChI is InChI=1S/C16H17N3O2/c20-15(13-7-3-1-4-8-13)19-12-9-14(17-19)16(21)18-10-5-2-6-11-18/h1,3-4,7-9,12H,2,5-6,10-11H2. The van der Waals surface area contributed by atoms with Crippen molar-refractivity contribution in [3.8, 4) is 0 Å². The molecule has 0 spiro atoms. The molecule has 0 atom stereocenters. The normalized spacial score (nSPS) is 15.0. The molecule has 3 rings (SSSR count). The summed E-state index contributed by atoms with van der Waals surface area (Å²) in [6.45, 7) is 1.55. The first-order valence-corrected chi connectivity index (χ1v) is 7.20. The Kier molecular flexibility index (Phi) is 3.81. The molecule has 2 heterocycles. The lowest BCUT2D eigenvalue weighted by Gasteiger charge is -2.25. The molecule has 0 bridgehead atoms. The number of hydrogen-bond donors (Lipinski definition) is 0. The van der Waals surface area contributed by atoms with E-state index in [1.165, 1.54) is 11.1 Å². The van der Waals surface area contributed by atoms with E-state index in [4.69, 9.17) is 0 Å². The fraction of sp³-hybridized carbons (Fsp3) is 0.312. The van der Waals surface area contributed by atoms with Crippen LogP contribution in [-0.2, 0) is 0 Å². The van der Waals surface area contributed by atoms with Gasteiger partial charge in [-0.2, -0.15) is 5.10 Å². The number of likely N-dealkylation sites (tertiary alicyclic amines) is 1. The zero-order valence-corrected chi connectivity index (χ0v) is 11.7. The van der Waals surface area contributed by atoms with Gasteiger partial charge in [0.1, 0.15) is 0 Å². The molecule has 1 aromatic carbocycles. The zero-order chi connectivity index (χ0) is 14.7. The number of benzene rings is 1. The SMILES string of the molecule is O=C(c1ccn(C(=O)c2ccccc2)n1)N1CCCCC1. The van der Waals surface area contributed by atoms with E-state index < -0.39 is 0 Å². The van der Waals surface area contributed by atoms with Crippen molar-refractivity contribution in [3.63, 3.8) is 0 Å². The van der Waals surface area contributed by atoms with E-state index in [0.717, 1.165) is 25.9 Å². The Labute approximate surface area is 123 Å². The molecule has 108 valence electrons. The van der Waals surface area contributed by atoms with Gasteiger partial charge < -0.3 is 4.90 Å². The highest BCUT2D eigenvalue weighted by molar-refractivity contribution is 5.97. The second-order valence-electron chi connectivity index (χ2n) is 5.17. The van der Waals surface area contributed by atoms with Gasteiger partial charge in [0.05, 0.1) is 0 Å². The van der Waals surface area contributed by atoms with Crippen LogP contribution >= 0.6 is 0 Å². The van der Waals surface area contributed by atoms with Gasteiger partial charge in [-0.1, -0.05) is 18.2 Å². The number of nitrogens with zero attached hydrogens (tertiary/aromatic N) is 3. The van der Waals surface area contributed by atoms with Gasteiger partial charge >= 0.3 is 0 Å². The summed E-state index contributed by atoms with van der Waals surface area (Å²) >= 11 is 0. The van der Waals surface area contributed by atoms with Crippen LogP contribution in [-0.4, -0.2) is 39.6 Å². The summed E-state index contributed by atoms with van der Waals surface area (Å²) in [7, 11) is 0. The average molecular weight is 283 g/mol. The summed E-state index contributed by atoms with van der Waals surface area (Å²) in [6.07, 6.45) is 4.79. The highest BCUT2D eigenvalue weighted by atomic mass is 16.2. The molecule has 1 aromatic heterocycles. The summed E-state index contributed by atoms with van der Waals surface area (Å²) < 4.78 is 1.23. The van der Waals surface area contributed by atoms with Crippen LogP contribution in [0.3, 0.4) is 0 Å². The minimum Gasteiger partial charge on any atom is -0.337 e. The van der Waals surface area contributed by atoms with Crippen molar-refractivity contribution in [2.75, 3.05) is 13.1 Å². The van der Waals surface area contributed by atoms with Crippen LogP contribution in [0, 0.1) is 0 Å². The second-order valence-corrected chi connectivity index (χ2v) is 5.17. The highest BCUT2D eigenvalue weighted by Gasteiger charge is 2.21. The van der Waals surface area contributed by atoms with Crippen LogP contribution in [0.5, 0.6) is 0 Å². The molecule has 1 saturated heterocycles. The first-order valence-electron chi connectivity index (χ1n) is 7.20. The highest BCUT2D eigenvalue weighted by Crippen LogP contribution is 2.12. The number of carbonyl (C=O) groups is 2. The van der Waals surface area contributed by atoms with Crippen molar-refractivity contribution < 1.29 is 9.59 Å². The maximum absolute atomic E-state index is 12.3. The van der Waals surface area contributed by atoms with Gasteiger partial charge in [0, 0.05) is 24.8 Å². The van der Waals surface area contributed by atoms with Gasteiger partial charge in [0.2, 0.25) is 0 Å². The fourth-order valence-corrected chi connectivity index (χ4v) is 2.52. The molecule has 0 saturated carbocycles. The first-order chi connectivity index (χ1) is 10.3. The second kappa shape index (κ2) is 5.91. The lowest BCUT2D eigenvalue weighted by molar-refractivity contribution is 0.0717. The maximum Gasteiger partial charge on any atom is 0.278 e. The number of hydrogen-bond acceptors (Lipinski definition) is 3. The molecule has 0 aliphatic carbocycles. The summed E-state index contributed by atoms with van der Waals surface area (Å²) in [6, 6.07) is 10.5. The Morgan fingerprint density at radius 2 is 1.62 bits per heavy atom. The number of rotatable bonds is 2. The minimum absolute atomic E-state index is 0.0886. The Morgan fingerprint density at radius 1 is 0.905 bits per heavy atom. The monoisotopic (exact) mass is 283 g/mol. The molecule has 21 heavy (non-hydrogen) atoms. The number of piperidine rings is 1. The lowest BCUT2D eigenvalue weighted by Crippen LogP contribution is -2.36. The van der Waals surface area contributed by atoms with Crippen molar-refractivity contribution in [1.29, 1.82) is 0 Å². The predicted octanol–water partition coefficient (Wildman–Crippen LogP) is 2.20. The molecule has 2 aromatic rings. The van der Waals surface area contributed by atoms with Crippen LogP contribution in [0.15, 0.2) is 42.6 Å². The van der Waals surface area contributed by atoms with Gasteiger partial charge in [0.25, 0.3) is 11.8 Å². The molecule has 0 N–H and O–H groups in total. The molecule has 1 aliphatic heterocycles. The van der Waals surface area contributed by atoms with Gasteiger partial charge in [-0.05, 0) is 37.5 Å². The summed E-state index contributed by atoms with van der Waals surface area (Å²) in [5, 5.41) is 4.14. The van der Waals surface area contributed by atoms with Crippen molar-refractivity contribution in [3.05, 3.63) is 53.9 Å². The van der Waals surface area contributed by atoms with E-state index in [9.17, 15) is 9.59 Å². The fourth-order valence-electron chi connectivity index (χ4n) is 2.52. The van der Waals surface area contributed by atoms with Crippen molar-refractivity contribution in [1.82, 2.24) is 14.7 Å². The molecular weight excluding hydrogens is 266 g/mol. The van der Waals surface area contributed by atoms with Gasteiger partial charge in [-0.3, -0.25) is 9.59 Å². The molecule has 5 nitrogen and oxygen atoms in total. The van der Waals surface area contributed by atoms with Crippen molar-refractivity contribution in [2.24, 2.45) is 0 Å². The number of carbonyl (C=O) groups excluding carboxylic acids is 2. The largest absolute Gasteiger partial charge is 0.337 e. The van der Waals surface area contributed by atoms with E-state index in [1.807, 2.05) is 11.0 Å². The lowest BCUT2D eigenvalue weighted by atomic mass is 10.1. The zero-order valence-electron chi connectivity index (χ0n) is 11.7. The van der Waals surface area contributed by atoms with E-state index >= 15 is 0 Å². The smallest absolute Gasteiger partial charge is 0.278 e. The third-order valence-electron chi connectivity index (χ3n) is 3.68. The molecule has 1 amide bonds. The van der Waals surface area contributed by atoms with Crippen LogP contribution in [0.4, 0.5) is 0 Å². The van der Waals surface area contributed by atoms with Crippen LogP contribution in [0.1, 0.15) is 40.1 Å². The Hall–Kier alpha value is -2.43. The molecule has 0 radical (unpaired) electrons. The average Bonchev–Trinajstić information content (AvgIpc) is 3.05. The van der Waals surface area contributed by atoms with Crippen LogP contribution in [0.25, 0.3) is 0 Å². The van der Waals surface area contributed by atoms with E-state index in [2.05, 4.69) is 5.10 Å². The van der Waals surface area contributed by atoms with Crippen LogP contribution in [0.2, 0.25) is 0 Å². The van der Waals surface area contributed by atoms with Gasteiger partial charge in [-0.25, -0.2) is 4.68 Å². The molecule has 5 heteroatoms. The summed E-state index contributed by atoms with van der Waals surface area (Å²) in [4.78, 5) is 26.4. The van der Waals surface area contributed by atoms with Crippen molar-refractivity contribution >= 4 is 11.8 Å². The summed E-state index contributed by atoms with van der Waals surface area (Å²) in [5.41, 5.74) is 0.888. The number of aromatic nitrogens is 2. The Morgan fingerprint density at radius 3 is 2.33 bits per heavy atom. The Bertz CT molecular complexity index is 643. The third-order valence-corrected chi connectivity index (χ3v) is 3.68. The predicted molar refractivity (Wildman–Crippen MR) is 78.2 cm³/mol. The topological polar surface area (TPSA) is 55.2 Å². The molecular formula is C16H17N3O2. The molecule has 1 fully saturated rings. The van der Waals surface area contributed by atoms with Gasteiger partial charge in [-0.15, -0.1) is 0 Å². The molecule has 1 aliphatic rings. The summed E-state index contributed by atoms with van der Waals surface area (Å²) in [5.74, 6) is -0.317. The first kappa shape index (κ1) is 13.5. The van der Waals surface area contributed by atoms with E-state index in [1.54, 1.807) is 36.5 Å². The Balaban J connectivity index is 1.77. The van der Waals surface area contributed by atoms with Crippen molar-refractivity contribution in [2.45, 2.75) is 19.3 Å². The number of amides is 1. The van der Waals surface area contributed by atoms with Crippen LogP contribution < -0.4 is 0 Å². The van der Waals surface area contributed by atoms with Gasteiger partial charge in [0.15, 0.2) is 5.69 Å².